The third kappa shape index (κ3) is 4.35. The Kier molecular flexibility index (Phi) is 5.44. The van der Waals surface area contributed by atoms with Crippen LogP contribution in [-0.4, -0.2) is 5.88 Å². The van der Waals surface area contributed by atoms with E-state index in [1.165, 1.54) is 36.4 Å². The Bertz CT molecular complexity index is 705. The molecule has 0 aliphatic carbocycles. The maximum Gasteiger partial charge on any atom is 0.135 e. The van der Waals surface area contributed by atoms with Gasteiger partial charge in [-0.15, -0.1) is 11.6 Å². The molecule has 0 heterocycles. The highest BCUT2D eigenvalue weighted by molar-refractivity contribution is 6.31. The Labute approximate surface area is 131 Å². The standard InChI is InChI=1S/C16H10Cl2F2O/c17-7-1-2-11-8-13(19)5-6-16(11)21-10-12-3-4-14(20)9-15(12)18/h3-6,8-9H,7,10H2. The van der Waals surface area contributed by atoms with Crippen LogP contribution in [0.25, 0.3) is 0 Å². The van der Waals surface area contributed by atoms with Crippen LogP contribution in [0.1, 0.15) is 11.1 Å². The van der Waals surface area contributed by atoms with Crippen molar-refractivity contribution in [3.63, 3.8) is 0 Å². The summed E-state index contributed by atoms with van der Waals surface area (Å²) < 4.78 is 31.8. The molecule has 0 aliphatic heterocycles. The first-order chi connectivity index (χ1) is 10.1. The molecule has 0 fully saturated rings. The predicted molar refractivity (Wildman–Crippen MR) is 79.7 cm³/mol. The van der Waals surface area contributed by atoms with Gasteiger partial charge in [0, 0.05) is 5.56 Å². The van der Waals surface area contributed by atoms with Gasteiger partial charge in [-0.2, -0.15) is 0 Å². The van der Waals surface area contributed by atoms with Gasteiger partial charge in [-0.3, -0.25) is 0 Å². The average molecular weight is 327 g/mol. The molecule has 5 heteroatoms. The number of alkyl halides is 1. The lowest BCUT2D eigenvalue weighted by Gasteiger charge is -2.10. The molecule has 0 atom stereocenters. The van der Waals surface area contributed by atoms with Gasteiger partial charge in [0.05, 0.1) is 16.5 Å². The molecule has 0 bridgehead atoms. The Morgan fingerprint density at radius 1 is 1.05 bits per heavy atom. The van der Waals surface area contributed by atoms with Crippen LogP contribution in [0.5, 0.6) is 5.75 Å². The Morgan fingerprint density at radius 2 is 1.76 bits per heavy atom. The number of rotatable bonds is 3. The molecule has 2 rings (SSSR count). The monoisotopic (exact) mass is 326 g/mol. The molecule has 0 saturated heterocycles. The highest BCUT2D eigenvalue weighted by Crippen LogP contribution is 2.23. The molecule has 0 radical (unpaired) electrons. The first-order valence-electron chi connectivity index (χ1n) is 6.01. The largest absolute Gasteiger partial charge is 0.488 e. The Hall–Kier alpha value is -1.76. The van der Waals surface area contributed by atoms with E-state index < -0.39 is 11.6 Å². The average Bonchev–Trinajstić information content (AvgIpc) is 2.45. The van der Waals surface area contributed by atoms with Gasteiger partial charge in [-0.25, -0.2) is 8.78 Å². The van der Waals surface area contributed by atoms with Crippen molar-refractivity contribution >= 4 is 23.2 Å². The van der Waals surface area contributed by atoms with E-state index in [0.29, 0.717) is 16.9 Å². The van der Waals surface area contributed by atoms with Gasteiger partial charge in [0.25, 0.3) is 0 Å². The van der Waals surface area contributed by atoms with Gasteiger partial charge in [-0.1, -0.05) is 29.5 Å². The van der Waals surface area contributed by atoms with Crippen LogP contribution in [0, 0.1) is 23.5 Å². The van der Waals surface area contributed by atoms with E-state index in [1.54, 1.807) is 0 Å². The predicted octanol–water partition coefficient (Wildman–Crippen LogP) is 4.79. The zero-order chi connectivity index (χ0) is 15.2. The maximum atomic E-state index is 13.2. The highest BCUT2D eigenvalue weighted by Gasteiger charge is 2.07. The number of hydrogen-bond acceptors (Lipinski definition) is 1. The van der Waals surface area contributed by atoms with E-state index in [1.807, 2.05) is 0 Å². The molecular formula is C16H10Cl2F2O. The number of halogens is 4. The van der Waals surface area contributed by atoms with E-state index in [-0.39, 0.29) is 17.5 Å². The number of ether oxygens (including phenoxy) is 1. The lowest BCUT2D eigenvalue weighted by atomic mass is 10.2. The van der Waals surface area contributed by atoms with Gasteiger partial charge in [0.1, 0.15) is 24.0 Å². The fraction of sp³-hybridized carbons (Fsp3) is 0.125. The maximum absolute atomic E-state index is 13.2. The van der Waals surface area contributed by atoms with Crippen LogP contribution in [0.15, 0.2) is 36.4 Å². The summed E-state index contributed by atoms with van der Waals surface area (Å²) in [6, 6.07) is 8.05. The molecule has 0 amide bonds. The fourth-order valence-electron chi connectivity index (χ4n) is 1.65. The Morgan fingerprint density at radius 3 is 2.48 bits per heavy atom. The second-order valence-corrected chi connectivity index (χ2v) is 4.77. The minimum atomic E-state index is -0.417. The van der Waals surface area contributed by atoms with Crippen LogP contribution in [-0.2, 0) is 6.61 Å². The van der Waals surface area contributed by atoms with Crippen molar-refractivity contribution in [1.82, 2.24) is 0 Å². The van der Waals surface area contributed by atoms with Crippen LogP contribution in [0.3, 0.4) is 0 Å². The molecule has 0 spiro atoms. The summed E-state index contributed by atoms with van der Waals surface area (Å²) in [7, 11) is 0. The van der Waals surface area contributed by atoms with Gasteiger partial charge in [0.2, 0.25) is 0 Å². The summed E-state index contributed by atoms with van der Waals surface area (Å²) in [5.41, 5.74) is 1.02. The summed E-state index contributed by atoms with van der Waals surface area (Å²) in [6.07, 6.45) is 0. The first kappa shape index (κ1) is 15.6. The van der Waals surface area contributed by atoms with Crippen molar-refractivity contribution in [2.45, 2.75) is 6.61 Å². The molecule has 2 aromatic rings. The summed E-state index contributed by atoms with van der Waals surface area (Å²) in [4.78, 5) is 0. The second kappa shape index (κ2) is 7.31. The minimum absolute atomic E-state index is 0.125. The smallest absolute Gasteiger partial charge is 0.135 e. The molecule has 0 unspecified atom stereocenters. The van der Waals surface area contributed by atoms with Crippen molar-refractivity contribution in [3.05, 3.63) is 64.2 Å². The van der Waals surface area contributed by atoms with Crippen LogP contribution < -0.4 is 4.74 Å². The zero-order valence-corrected chi connectivity index (χ0v) is 12.3. The first-order valence-corrected chi connectivity index (χ1v) is 6.92. The molecule has 108 valence electrons. The van der Waals surface area contributed by atoms with Gasteiger partial charge >= 0.3 is 0 Å². The van der Waals surface area contributed by atoms with Crippen LogP contribution in [0.2, 0.25) is 5.02 Å². The lowest BCUT2D eigenvalue weighted by Crippen LogP contribution is -1.99. The second-order valence-electron chi connectivity index (χ2n) is 4.10. The van der Waals surface area contributed by atoms with Crippen molar-refractivity contribution in [3.8, 4) is 17.6 Å². The molecule has 1 nitrogen and oxygen atoms in total. The summed E-state index contributed by atoms with van der Waals surface area (Å²) in [5, 5.41) is 0.269. The topological polar surface area (TPSA) is 9.23 Å². The van der Waals surface area contributed by atoms with Crippen molar-refractivity contribution in [1.29, 1.82) is 0 Å². The molecule has 0 aliphatic rings. The number of benzene rings is 2. The van der Waals surface area contributed by atoms with Gasteiger partial charge in [0.15, 0.2) is 0 Å². The normalized spacial score (nSPS) is 9.90. The van der Waals surface area contributed by atoms with E-state index in [4.69, 9.17) is 27.9 Å². The summed E-state index contributed by atoms with van der Waals surface area (Å²) >= 11 is 11.4. The molecule has 0 N–H and O–H groups in total. The van der Waals surface area contributed by atoms with Gasteiger partial charge < -0.3 is 4.74 Å². The Balaban J connectivity index is 2.19. The van der Waals surface area contributed by atoms with E-state index >= 15 is 0 Å². The molecule has 21 heavy (non-hydrogen) atoms. The van der Waals surface area contributed by atoms with E-state index in [9.17, 15) is 8.78 Å². The SMILES string of the molecule is Fc1ccc(COc2ccc(F)cc2C#CCCl)c(Cl)c1. The highest BCUT2D eigenvalue weighted by atomic mass is 35.5. The minimum Gasteiger partial charge on any atom is -0.488 e. The molecule has 2 aromatic carbocycles. The van der Waals surface area contributed by atoms with Crippen molar-refractivity contribution in [2.24, 2.45) is 0 Å². The van der Waals surface area contributed by atoms with E-state index in [2.05, 4.69) is 11.8 Å². The van der Waals surface area contributed by atoms with Crippen LogP contribution in [0.4, 0.5) is 8.78 Å². The van der Waals surface area contributed by atoms with Crippen molar-refractivity contribution < 1.29 is 13.5 Å². The fourth-order valence-corrected chi connectivity index (χ4v) is 1.94. The van der Waals surface area contributed by atoms with Crippen LogP contribution >= 0.6 is 23.2 Å². The van der Waals surface area contributed by atoms with E-state index in [0.717, 1.165) is 0 Å². The molecule has 0 saturated carbocycles. The van der Waals surface area contributed by atoms with Crippen molar-refractivity contribution in [2.75, 3.05) is 5.88 Å². The lowest BCUT2D eigenvalue weighted by molar-refractivity contribution is 0.305. The quantitative estimate of drug-likeness (QED) is 0.582. The molecular weight excluding hydrogens is 317 g/mol. The number of hydrogen-bond donors (Lipinski definition) is 0. The third-order valence-electron chi connectivity index (χ3n) is 2.63. The third-order valence-corrected chi connectivity index (χ3v) is 3.12. The summed E-state index contributed by atoms with van der Waals surface area (Å²) in [6.45, 7) is 0.125. The summed E-state index contributed by atoms with van der Waals surface area (Å²) in [5.74, 6) is 5.08. The zero-order valence-electron chi connectivity index (χ0n) is 10.8. The van der Waals surface area contributed by atoms with Gasteiger partial charge in [-0.05, 0) is 30.3 Å². The molecule has 0 aromatic heterocycles.